The molecule has 0 aromatic rings. The first-order valence-electron chi connectivity index (χ1n) is 6.84. The van der Waals surface area contributed by atoms with Gasteiger partial charge < -0.3 is 10.0 Å². The highest BCUT2D eigenvalue weighted by Crippen LogP contribution is 2.25. The van der Waals surface area contributed by atoms with Crippen molar-refractivity contribution in [3.63, 3.8) is 0 Å². The Balaban J connectivity index is 1.93. The van der Waals surface area contributed by atoms with E-state index in [0.29, 0.717) is 12.1 Å². The van der Waals surface area contributed by atoms with Gasteiger partial charge in [-0.25, -0.2) is 0 Å². The van der Waals surface area contributed by atoms with E-state index in [2.05, 4.69) is 23.8 Å². The monoisotopic (exact) mass is 226 g/mol. The van der Waals surface area contributed by atoms with Crippen molar-refractivity contribution in [1.82, 2.24) is 9.80 Å². The van der Waals surface area contributed by atoms with Crippen LogP contribution in [0.2, 0.25) is 0 Å². The van der Waals surface area contributed by atoms with E-state index in [4.69, 9.17) is 0 Å². The van der Waals surface area contributed by atoms with Crippen molar-refractivity contribution in [1.29, 1.82) is 0 Å². The summed E-state index contributed by atoms with van der Waals surface area (Å²) in [5.74, 6) is 0. The van der Waals surface area contributed by atoms with E-state index in [1.807, 2.05) is 0 Å². The number of nitrogens with zero attached hydrogens (tertiary/aromatic N) is 2. The first kappa shape index (κ1) is 12.3. The van der Waals surface area contributed by atoms with Crippen molar-refractivity contribution in [2.45, 2.75) is 57.2 Å². The topological polar surface area (TPSA) is 26.7 Å². The smallest absolute Gasteiger partial charge is 0.0695 e. The van der Waals surface area contributed by atoms with Gasteiger partial charge in [-0.1, -0.05) is 19.8 Å². The molecule has 0 amide bonds. The summed E-state index contributed by atoms with van der Waals surface area (Å²) in [6.45, 7) is 5.70. The molecule has 0 spiro atoms. The van der Waals surface area contributed by atoms with Crippen LogP contribution < -0.4 is 0 Å². The van der Waals surface area contributed by atoms with E-state index in [-0.39, 0.29) is 6.10 Å². The van der Waals surface area contributed by atoms with Crippen LogP contribution >= 0.6 is 0 Å². The fraction of sp³-hybridized carbons (Fsp3) is 1.00. The van der Waals surface area contributed by atoms with E-state index in [0.717, 1.165) is 26.1 Å². The van der Waals surface area contributed by atoms with Crippen LogP contribution in [0.15, 0.2) is 0 Å². The third-order valence-corrected chi connectivity index (χ3v) is 4.44. The van der Waals surface area contributed by atoms with Crippen molar-refractivity contribution in [2.75, 3.05) is 26.7 Å². The van der Waals surface area contributed by atoms with Crippen LogP contribution in [-0.2, 0) is 0 Å². The molecule has 1 saturated carbocycles. The van der Waals surface area contributed by atoms with Crippen LogP contribution in [-0.4, -0.2) is 59.8 Å². The molecular weight excluding hydrogens is 200 g/mol. The zero-order valence-electron chi connectivity index (χ0n) is 10.7. The second-order valence-electron chi connectivity index (χ2n) is 5.46. The van der Waals surface area contributed by atoms with Crippen molar-refractivity contribution >= 4 is 0 Å². The van der Waals surface area contributed by atoms with E-state index in [1.165, 1.54) is 25.7 Å². The predicted octanol–water partition coefficient (Wildman–Crippen LogP) is 1.32. The van der Waals surface area contributed by atoms with Crippen molar-refractivity contribution in [3.8, 4) is 0 Å². The second kappa shape index (κ2) is 5.48. The van der Waals surface area contributed by atoms with Crippen LogP contribution in [0.5, 0.6) is 0 Å². The Hall–Kier alpha value is -0.120. The number of aliphatic hydroxyl groups is 1. The van der Waals surface area contributed by atoms with Crippen molar-refractivity contribution in [3.05, 3.63) is 0 Å². The van der Waals surface area contributed by atoms with Gasteiger partial charge in [0.2, 0.25) is 0 Å². The summed E-state index contributed by atoms with van der Waals surface area (Å²) in [4.78, 5) is 5.00. The Morgan fingerprint density at radius 2 is 1.94 bits per heavy atom. The zero-order valence-corrected chi connectivity index (χ0v) is 10.7. The number of likely N-dealkylation sites (N-methyl/N-ethyl adjacent to an activating group) is 1. The van der Waals surface area contributed by atoms with Gasteiger partial charge >= 0.3 is 0 Å². The lowest BCUT2D eigenvalue weighted by molar-refractivity contribution is -0.0167. The second-order valence-corrected chi connectivity index (χ2v) is 5.46. The fourth-order valence-electron chi connectivity index (χ4n) is 3.23. The maximum absolute atomic E-state index is 10.1. The van der Waals surface area contributed by atoms with Gasteiger partial charge in [-0.05, 0) is 26.3 Å². The van der Waals surface area contributed by atoms with Gasteiger partial charge in [0.25, 0.3) is 0 Å². The summed E-state index contributed by atoms with van der Waals surface area (Å²) in [5, 5.41) is 10.1. The van der Waals surface area contributed by atoms with Gasteiger partial charge in [-0.2, -0.15) is 0 Å². The van der Waals surface area contributed by atoms with E-state index < -0.39 is 0 Å². The summed E-state index contributed by atoms with van der Waals surface area (Å²) < 4.78 is 0. The predicted molar refractivity (Wildman–Crippen MR) is 66.5 cm³/mol. The normalized spacial score (nSPS) is 38.8. The molecule has 0 aromatic heterocycles. The molecule has 2 rings (SSSR count). The van der Waals surface area contributed by atoms with Crippen LogP contribution in [0.4, 0.5) is 0 Å². The molecular formula is C13H26N2O. The minimum Gasteiger partial charge on any atom is -0.391 e. The molecule has 1 N–H and O–H groups in total. The first-order chi connectivity index (χ1) is 7.72. The third kappa shape index (κ3) is 2.58. The van der Waals surface area contributed by atoms with Gasteiger partial charge in [0.15, 0.2) is 0 Å². The molecule has 1 heterocycles. The van der Waals surface area contributed by atoms with Gasteiger partial charge in [-0.15, -0.1) is 0 Å². The lowest BCUT2D eigenvalue weighted by atomic mass is 9.90. The molecule has 0 radical (unpaired) electrons. The van der Waals surface area contributed by atoms with Crippen LogP contribution in [0.1, 0.15) is 39.0 Å². The Bertz CT molecular complexity index is 222. The quantitative estimate of drug-likeness (QED) is 0.769. The Morgan fingerprint density at radius 3 is 2.62 bits per heavy atom. The summed E-state index contributed by atoms with van der Waals surface area (Å²) >= 11 is 0. The maximum atomic E-state index is 10.1. The molecule has 1 aliphatic heterocycles. The lowest BCUT2D eigenvalue weighted by Crippen LogP contribution is -2.57. The third-order valence-electron chi connectivity index (χ3n) is 4.44. The van der Waals surface area contributed by atoms with E-state index in [1.54, 1.807) is 0 Å². The maximum Gasteiger partial charge on any atom is 0.0695 e. The van der Waals surface area contributed by atoms with E-state index >= 15 is 0 Å². The average Bonchev–Trinajstić information content (AvgIpc) is 2.31. The van der Waals surface area contributed by atoms with Crippen molar-refractivity contribution in [2.24, 2.45) is 0 Å². The summed E-state index contributed by atoms with van der Waals surface area (Å²) in [6.07, 6.45) is 5.85. The number of rotatable bonds is 2. The lowest BCUT2D eigenvalue weighted by Gasteiger charge is -2.45. The summed E-state index contributed by atoms with van der Waals surface area (Å²) in [5.41, 5.74) is 0. The van der Waals surface area contributed by atoms with Crippen LogP contribution in [0, 0.1) is 0 Å². The zero-order chi connectivity index (χ0) is 11.5. The number of hydrogen-bond acceptors (Lipinski definition) is 3. The van der Waals surface area contributed by atoms with E-state index in [9.17, 15) is 5.11 Å². The Labute approximate surface area is 99.4 Å². The Morgan fingerprint density at radius 1 is 1.19 bits per heavy atom. The molecule has 1 aliphatic carbocycles. The first-order valence-corrected chi connectivity index (χ1v) is 6.84. The standard InChI is InChI=1S/C13H26N2O/c1-3-11-10-15(9-8-14(11)2)12-6-4-5-7-13(12)16/h11-13,16H,3-10H2,1-2H3/t11?,12-,13-/m0/s1. The van der Waals surface area contributed by atoms with Crippen LogP contribution in [0.3, 0.4) is 0 Å². The van der Waals surface area contributed by atoms with Gasteiger partial charge in [0.05, 0.1) is 6.10 Å². The highest BCUT2D eigenvalue weighted by atomic mass is 16.3. The molecule has 1 unspecified atom stereocenters. The summed E-state index contributed by atoms with van der Waals surface area (Å²) in [7, 11) is 2.23. The molecule has 2 aliphatic rings. The SMILES string of the molecule is CCC1CN([C@H]2CCCC[C@@H]2O)CCN1C. The van der Waals surface area contributed by atoms with Crippen molar-refractivity contribution < 1.29 is 5.11 Å². The molecule has 3 heteroatoms. The minimum atomic E-state index is -0.0744. The molecule has 16 heavy (non-hydrogen) atoms. The van der Waals surface area contributed by atoms with Gasteiger partial charge in [0.1, 0.15) is 0 Å². The highest BCUT2D eigenvalue weighted by molar-refractivity contribution is 4.88. The molecule has 0 bridgehead atoms. The fourth-order valence-corrected chi connectivity index (χ4v) is 3.23. The van der Waals surface area contributed by atoms with Crippen LogP contribution in [0.25, 0.3) is 0 Å². The van der Waals surface area contributed by atoms with Gasteiger partial charge in [0, 0.05) is 31.7 Å². The Kier molecular flexibility index (Phi) is 4.22. The average molecular weight is 226 g/mol. The summed E-state index contributed by atoms with van der Waals surface area (Å²) in [6, 6.07) is 1.12. The minimum absolute atomic E-state index is 0.0744. The molecule has 0 aromatic carbocycles. The molecule has 3 nitrogen and oxygen atoms in total. The number of aliphatic hydroxyl groups excluding tert-OH is 1. The molecule has 94 valence electrons. The number of piperazine rings is 1. The largest absolute Gasteiger partial charge is 0.391 e. The van der Waals surface area contributed by atoms with Gasteiger partial charge in [-0.3, -0.25) is 4.90 Å². The molecule has 2 fully saturated rings. The highest BCUT2D eigenvalue weighted by Gasteiger charge is 2.32. The molecule has 3 atom stereocenters. The number of hydrogen-bond donors (Lipinski definition) is 1. The molecule has 1 saturated heterocycles.